The molecule has 1 aliphatic rings. The molecule has 2 aromatic carbocycles. The van der Waals surface area contributed by atoms with Gasteiger partial charge in [0.15, 0.2) is 0 Å². The highest BCUT2D eigenvalue weighted by atomic mass is 32.2. The van der Waals surface area contributed by atoms with Gasteiger partial charge in [0.1, 0.15) is 0 Å². The van der Waals surface area contributed by atoms with Crippen LogP contribution in [0.15, 0.2) is 53.4 Å². The summed E-state index contributed by atoms with van der Waals surface area (Å²) >= 11 is 0. The van der Waals surface area contributed by atoms with E-state index in [1.54, 1.807) is 31.2 Å². The van der Waals surface area contributed by atoms with E-state index in [0.717, 1.165) is 28.1 Å². The number of amides is 3. The van der Waals surface area contributed by atoms with Crippen molar-refractivity contribution >= 4 is 27.6 Å². The largest absolute Gasteiger partial charge is 0.417 e. The molecule has 2 aromatic rings. The minimum atomic E-state index is -4.80. The minimum Gasteiger partial charge on any atom is -0.351 e. The SMILES string of the molecule is CC(NC(=O)C1CCN(S(=O)(=O)c2ccccc2C(F)(F)F)CC1)c1ccc(NC(N)=O)cc1. The Morgan fingerprint density at radius 2 is 1.65 bits per heavy atom. The smallest absolute Gasteiger partial charge is 0.351 e. The van der Waals surface area contributed by atoms with Crippen LogP contribution in [0.4, 0.5) is 23.7 Å². The normalized spacial score (nSPS) is 16.6. The van der Waals surface area contributed by atoms with Gasteiger partial charge in [-0.2, -0.15) is 17.5 Å². The summed E-state index contributed by atoms with van der Waals surface area (Å²) in [5.41, 5.74) is 5.16. The van der Waals surface area contributed by atoms with Gasteiger partial charge in [0.2, 0.25) is 15.9 Å². The molecule has 1 saturated heterocycles. The van der Waals surface area contributed by atoms with Crippen molar-refractivity contribution in [3.63, 3.8) is 0 Å². The van der Waals surface area contributed by atoms with Crippen molar-refractivity contribution in [3.8, 4) is 0 Å². The Morgan fingerprint density at radius 1 is 1.06 bits per heavy atom. The van der Waals surface area contributed by atoms with E-state index in [4.69, 9.17) is 5.73 Å². The molecule has 12 heteroatoms. The van der Waals surface area contributed by atoms with Gasteiger partial charge in [0, 0.05) is 24.7 Å². The van der Waals surface area contributed by atoms with Crippen LogP contribution in [-0.4, -0.2) is 37.8 Å². The summed E-state index contributed by atoms with van der Waals surface area (Å²) < 4.78 is 66.6. The van der Waals surface area contributed by atoms with Crippen LogP contribution >= 0.6 is 0 Å². The number of carbonyl (C=O) groups is 2. The van der Waals surface area contributed by atoms with Crippen molar-refractivity contribution in [1.29, 1.82) is 0 Å². The number of nitrogens with one attached hydrogen (secondary N) is 2. The number of benzene rings is 2. The standard InChI is InChI=1S/C22H25F3N4O4S/c1-14(15-6-8-17(9-7-15)28-21(26)31)27-20(30)16-10-12-29(13-11-16)34(32,33)19-5-3-2-4-18(19)22(23,24)25/h2-9,14,16H,10-13H2,1H3,(H,27,30)(H3,26,28,31). The molecule has 1 heterocycles. The summed E-state index contributed by atoms with van der Waals surface area (Å²) in [6.45, 7) is 1.66. The van der Waals surface area contributed by atoms with Gasteiger partial charge in [-0.15, -0.1) is 0 Å². The van der Waals surface area contributed by atoms with Gasteiger partial charge in [-0.25, -0.2) is 13.2 Å². The van der Waals surface area contributed by atoms with Crippen LogP contribution in [0.5, 0.6) is 0 Å². The van der Waals surface area contributed by atoms with Crippen molar-refractivity contribution in [3.05, 3.63) is 59.7 Å². The second kappa shape index (κ2) is 10.0. The fraction of sp³-hybridized carbons (Fsp3) is 0.364. The molecule has 1 aliphatic heterocycles. The van der Waals surface area contributed by atoms with Crippen molar-refractivity contribution in [2.24, 2.45) is 11.7 Å². The molecule has 0 aliphatic carbocycles. The molecule has 0 spiro atoms. The molecule has 3 amide bonds. The average molecular weight is 499 g/mol. The second-order valence-electron chi connectivity index (χ2n) is 8.01. The van der Waals surface area contributed by atoms with Gasteiger partial charge in [0.05, 0.1) is 16.5 Å². The van der Waals surface area contributed by atoms with Crippen molar-refractivity contribution in [2.75, 3.05) is 18.4 Å². The van der Waals surface area contributed by atoms with E-state index in [2.05, 4.69) is 10.6 Å². The predicted molar refractivity (Wildman–Crippen MR) is 119 cm³/mol. The maximum Gasteiger partial charge on any atom is 0.417 e. The van der Waals surface area contributed by atoms with E-state index in [1.165, 1.54) is 6.07 Å². The van der Waals surface area contributed by atoms with Crippen LogP contribution < -0.4 is 16.4 Å². The quantitative estimate of drug-likeness (QED) is 0.565. The maximum atomic E-state index is 13.3. The Balaban J connectivity index is 1.61. The number of nitrogens with two attached hydrogens (primary N) is 1. The molecule has 8 nitrogen and oxygen atoms in total. The fourth-order valence-electron chi connectivity index (χ4n) is 3.84. The van der Waals surface area contributed by atoms with Gasteiger partial charge < -0.3 is 16.4 Å². The summed E-state index contributed by atoms with van der Waals surface area (Å²) in [6.07, 6.45) is -4.42. The Bertz CT molecular complexity index is 1150. The zero-order valence-corrected chi connectivity index (χ0v) is 19.1. The topological polar surface area (TPSA) is 122 Å². The number of hydrogen-bond acceptors (Lipinski definition) is 4. The first-order valence-electron chi connectivity index (χ1n) is 10.5. The number of sulfonamides is 1. The molecule has 1 atom stereocenters. The van der Waals surface area contributed by atoms with E-state index in [9.17, 15) is 31.2 Å². The first kappa shape index (κ1) is 25.5. The lowest BCUT2D eigenvalue weighted by Crippen LogP contribution is -2.43. The Hall–Kier alpha value is -3.12. The van der Waals surface area contributed by atoms with Crippen LogP contribution in [0.1, 0.15) is 36.9 Å². The van der Waals surface area contributed by atoms with Gasteiger partial charge in [0.25, 0.3) is 0 Å². The van der Waals surface area contributed by atoms with E-state index in [-0.39, 0.29) is 37.9 Å². The van der Waals surface area contributed by atoms with Crippen LogP contribution in [-0.2, 0) is 21.0 Å². The number of anilines is 1. The molecule has 34 heavy (non-hydrogen) atoms. The molecule has 4 N–H and O–H groups in total. The lowest BCUT2D eigenvalue weighted by molar-refractivity contribution is -0.139. The molecular formula is C22H25F3N4O4S. The van der Waals surface area contributed by atoms with Crippen LogP contribution in [0.2, 0.25) is 0 Å². The highest BCUT2D eigenvalue weighted by Crippen LogP contribution is 2.36. The molecule has 0 bridgehead atoms. The molecule has 1 unspecified atom stereocenters. The summed E-state index contributed by atoms with van der Waals surface area (Å²) in [7, 11) is -4.36. The number of carbonyl (C=O) groups excluding carboxylic acids is 2. The minimum absolute atomic E-state index is 0.0610. The van der Waals surface area contributed by atoms with Gasteiger partial charge in [-0.05, 0) is 49.6 Å². The molecule has 3 rings (SSSR count). The molecule has 184 valence electrons. The van der Waals surface area contributed by atoms with Crippen molar-refractivity contribution < 1.29 is 31.2 Å². The Labute approximate surface area is 195 Å². The number of primary amides is 1. The van der Waals surface area contributed by atoms with E-state index in [0.29, 0.717) is 5.69 Å². The summed E-state index contributed by atoms with van der Waals surface area (Å²) in [6, 6.07) is 9.78. The summed E-state index contributed by atoms with van der Waals surface area (Å²) in [5, 5.41) is 5.31. The molecule has 1 fully saturated rings. The van der Waals surface area contributed by atoms with Crippen LogP contribution in [0.25, 0.3) is 0 Å². The third-order valence-corrected chi connectivity index (χ3v) is 7.63. The first-order chi connectivity index (χ1) is 15.9. The zero-order chi connectivity index (χ0) is 25.1. The third kappa shape index (κ3) is 5.86. The number of rotatable bonds is 6. The summed E-state index contributed by atoms with van der Waals surface area (Å²) in [4.78, 5) is 22.8. The van der Waals surface area contributed by atoms with Crippen molar-refractivity contribution in [2.45, 2.75) is 36.9 Å². The zero-order valence-electron chi connectivity index (χ0n) is 18.3. The average Bonchev–Trinajstić information content (AvgIpc) is 2.78. The number of nitrogens with zero attached hydrogens (tertiary/aromatic N) is 1. The van der Waals surface area contributed by atoms with Gasteiger partial charge in [-0.3, -0.25) is 4.79 Å². The predicted octanol–water partition coefficient (Wildman–Crippen LogP) is 3.47. The van der Waals surface area contributed by atoms with Crippen LogP contribution in [0.3, 0.4) is 0 Å². The lowest BCUT2D eigenvalue weighted by Gasteiger charge is -2.31. The van der Waals surface area contributed by atoms with E-state index < -0.39 is 38.6 Å². The first-order valence-corrected chi connectivity index (χ1v) is 12.0. The van der Waals surface area contributed by atoms with E-state index in [1.807, 2.05) is 0 Å². The van der Waals surface area contributed by atoms with Gasteiger partial charge >= 0.3 is 12.2 Å². The number of halogens is 3. The Morgan fingerprint density at radius 3 is 2.21 bits per heavy atom. The lowest BCUT2D eigenvalue weighted by atomic mass is 9.96. The second-order valence-corrected chi connectivity index (χ2v) is 9.92. The highest BCUT2D eigenvalue weighted by Gasteiger charge is 2.40. The molecular weight excluding hydrogens is 473 g/mol. The molecule has 0 radical (unpaired) electrons. The fourth-order valence-corrected chi connectivity index (χ4v) is 5.52. The number of piperidine rings is 1. The molecule has 0 saturated carbocycles. The number of hydrogen-bond donors (Lipinski definition) is 3. The van der Waals surface area contributed by atoms with Crippen LogP contribution in [0, 0.1) is 5.92 Å². The monoisotopic (exact) mass is 498 g/mol. The number of urea groups is 1. The van der Waals surface area contributed by atoms with Crippen molar-refractivity contribution in [1.82, 2.24) is 9.62 Å². The Kier molecular flexibility index (Phi) is 7.51. The highest BCUT2D eigenvalue weighted by molar-refractivity contribution is 7.89. The van der Waals surface area contributed by atoms with E-state index >= 15 is 0 Å². The molecule has 0 aromatic heterocycles. The number of alkyl halides is 3. The maximum absolute atomic E-state index is 13.3. The third-order valence-electron chi connectivity index (χ3n) is 5.67. The summed E-state index contributed by atoms with van der Waals surface area (Å²) in [5.74, 6) is -0.734. The van der Waals surface area contributed by atoms with Gasteiger partial charge in [-0.1, -0.05) is 24.3 Å².